The van der Waals surface area contributed by atoms with Gasteiger partial charge in [0.2, 0.25) is 12.7 Å². The summed E-state index contributed by atoms with van der Waals surface area (Å²) in [6.07, 6.45) is 3.71. The molecule has 2 amide bonds. The Labute approximate surface area is 151 Å². The van der Waals surface area contributed by atoms with Crippen LogP contribution in [0, 0.1) is 0 Å². The number of ether oxygens (including phenoxy) is 2. The molecule has 0 radical (unpaired) electrons. The summed E-state index contributed by atoms with van der Waals surface area (Å²) in [5, 5.41) is 2.64. The second kappa shape index (κ2) is 6.55. The van der Waals surface area contributed by atoms with Gasteiger partial charge in [-0.05, 0) is 35.4 Å². The van der Waals surface area contributed by atoms with Gasteiger partial charge < -0.3 is 14.8 Å². The number of anilines is 1. The summed E-state index contributed by atoms with van der Waals surface area (Å²) >= 11 is 0. The molecule has 0 saturated carbocycles. The maximum absolute atomic E-state index is 12.8. The average Bonchev–Trinajstić information content (AvgIpc) is 3.29. The van der Waals surface area contributed by atoms with Crippen molar-refractivity contribution in [2.75, 3.05) is 18.7 Å². The molecule has 4 rings (SSSR count). The van der Waals surface area contributed by atoms with Crippen molar-refractivity contribution in [3.63, 3.8) is 0 Å². The average molecular weight is 350 g/mol. The van der Waals surface area contributed by atoms with Gasteiger partial charge in [-0.3, -0.25) is 14.5 Å². The van der Waals surface area contributed by atoms with Crippen molar-refractivity contribution in [1.29, 1.82) is 0 Å². The van der Waals surface area contributed by atoms with E-state index in [0.29, 0.717) is 17.9 Å². The molecule has 2 aliphatic rings. The maximum Gasteiger partial charge on any atom is 0.251 e. The van der Waals surface area contributed by atoms with E-state index in [2.05, 4.69) is 5.32 Å². The van der Waals surface area contributed by atoms with E-state index >= 15 is 0 Å². The molecule has 0 aliphatic carbocycles. The van der Waals surface area contributed by atoms with Crippen LogP contribution >= 0.6 is 0 Å². The molecule has 6 heteroatoms. The monoisotopic (exact) mass is 350 g/mol. The number of amides is 2. The zero-order valence-corrected chi connectivity index (χ0v) is 14.3. The van der Waals surface area contributed by atoms with Gasteiger partial charge in [-0.1, -0.05) is 24.3 Å². The molecule has 0 spiro atoms. The number of carbonyl (C=O) groups is 2. The second-order valence-corrected chi connectivity index (χ2v) is 6.12. The van der Waals surface area contributed by atoms with Crippen molar-refractivity contribution in [2.45, 2.75) is 12.5 Å². The molecule has 2 heterocycles. The topological polar surface area (TPSA) is 67.9 Å². The van der Waals surface area contributed by atoms with Crippen LogP contribution in [0.3, 0.4) is 0 Å². The quantitative estimate of drug-likeness (QED) is 0.861. The number of para-hydroxylation sites is 1. The number of hydrogen-bond acceptors (Lipinski definition) is 4. The van der Waals surface area contributed by atoms with E-state index < -0.39 is 6.04 Å². The van der Waals surface area contributed by atoms with Crippen molar-refractivity contribution in [3.05, 3.63) is 59.7 Å². The van der Waals surface area contributed by atoms with E-state index in [9.17, 15) is 9.59 Å². The molecule has 2 aromatic carbocycles. The largest absolute Gasteiger partial charge is 0.454 e. The molecule has 26 heavy (non-hydrogen) atoms. The lowest BCUT2D eigenvalue weighted by Crippen LogP contribution is -2.46. The van der Waals surface area contributed by atoms with Crippen LogP contribution in [-0.4, -0.2) is 31.7 Å². The molecule has 0 bridgehead atoms. The van der Waals surface area contributed by atoms with Gasteiger partial charge >= 0.3 is 0 Å². The van der Waals surface area contributed by atoms with Crippen LogP contribution in [0.25, 0.3) is 6.08 Å². The minimum atomic E-state index is -0.536. The summed E-state index contributed by atoms with van der Waals surface area (Å²) in [6, 6.07) is 12.5. The highest BCUT2D eigenvalue weighted by Gasteiger charge is 2.36. The van der Waals surface area contributed by atoms with E-state index in [1.54, 1.807) is 18.0 Å². The Kier molecular flexibility index (Phi) is 4.08. The van der Waals surface area contributed by atoms with E-state index in [1.807, 2.05) is 42.5 Å². The number of fused-ring (bicyclic) bond motifs is 2. The van der Waals surface area contributed by atoms with Crippen LogP contribution in [0.4, 0.5) is 5.69 Å². The van der Waals surface area contributed by atoms with Gasteiger partial charge in [-0.15, -0.1) is 0 Å². The number of nitrogens with zero attached hydrogens (tertiary/aromatic N) is 1. The van der Waals surface area contributed by atoms with E-state index in [4.69, 9.17) is 9.47 Å². The van der Waals surface area contributed by atoms with Crippen LogP contribution in [-0.2, 0) is 16.0 Å². The molecule has 1 N–H and O–H groups in total. The van der Waals surface area contributed by atoms with Gasteiger partial charge in [0.15, 0.2) is 11.5 Å². The number of hydrogen-bond donors (Lipinski definition) is 1. The Morgan fingerprint density at radius 1 is 1.15 bits per heavy atom. The second-order valence-electron chi connectivity index (χ2n) is 6.12. The van der Waals surface area contributed by atoms with E-state index in [1.165, 1.54) is 6.08 Å². The zero-order valence-electron chi connectivity index (χ0n) is 14.3. The molecule has 0 fully saturated rings. The van der Waals surface area contributed by atoms with Crippen molar-refractivity contribution >= 4 is 23.6 Å². The first-order chi connectivity index (χ1) is 12.7. The Hall–Kier alpha value is -3.28. The SMILES string of the molecule is CNC(=O)C1Cc2ccccc2N1C(=O)/C=C\c1ccc2c(c1)OCO2. The summed E-state index contributed by atoms with van der Waals surface area (Å²) < 4.78 is 10.6. The predicted molar refractivity (Wildman–Crippen MR) is 97.1 cm³/mol. The van der Waals surface area contributed by atoms with Crippen LogP contribution < -0.4 is 19.7 Å². The number of likely N-dealkylation sites (N-methyl/N-ethyl adjacent to an activating group) is 1. The molecule has 0 aromatic heterocycles. The predicted octanol–water partition coefficient (Wildman–Crippen LogP) is 2.13. The normalized spacial score (nSPS) is 17.4. The highest BCUT2D eigenvalue weighted by Crippen LogP contribution is 2.34. The van der Waals surface area contributed by atoms with Crippen LogP contribution in [0.1, 0.15) is 11.1 Å². The third kappa shape index (κ3) is 2.79. The van der Waals surface area contributed by atoms with E-state index in [-0.39, 0.29) is 18.6 Å². The first-order valence-electron chi connectivity index (χ1n) is 8.38. The van der Waals surface area contributed by atoms with E-state index in [0.717, 1.165) is 16.8 Å². The Morgan fingerprint density at radius 3 is 2.81 bits per heavy atom. The lowest BCUT2D eigenvalue weighted by Gasteiger charge is -2.23. The summed E-state index contributed by atoms with van der Waals surface area (Å²) in [6.45, 7) is 0.208. The smallest absolute Gasteiger partial charge is 0.251 e. The summed E-state index contributed by atoms with van der Waals surface area (Å²) in [5.41, 5.74) is 2.60. The Balaban J connectivity index is 1.60. The Bertz CT molecular complexity index is 906. The summed E-state index contributed by atoms with van der Waals surface area (Å²) in [7, 11) is 1.58. The van der Waals surface area contributed by atoms with Crippen LogP contribution in [0.5, 0.6) is 11.5 Å². The number of carbonyl (C=O) groups excluding carboxylic acids is 2. The minimum absolute atomic E-state index is 0.175. The van der Waals surface area contributed by atoms with Gasteiger partial charge in [0, 0.05) is 25.2 Å². The molecule has 1 unspecified atom stereocenters. The fraction of sp³-hybridized carbons (Fsp3) is 0.200. The summed E-state index contributed by atoms with van der Waals surface area (Å²) in [4.78, 5) is 26.6. The first-order valence-corrected chi connectivity index (χ1v) is 8.38. The Morgan fingerprint density at radius 2 is 1.96 bits per heavy atom. The van der Waals surface area contributed by atoms with Gasteiger partial charge in [-0.25, -0.2) is 0 Å². The molecule has 6 nitrogen and oxygen atoms in total. The standard InChI is InChI=1S/C20H18N2O4/c1-21-20(24)16-11-14-4-2-3-5-15(14)22(16)19(23)9-7-13-6-8-17-18(10-13)26-12-25-17/h2-10,16H,11-12H2,1H3,(H,21,24)/b9-7-. The minimum Gasteiger partial charge on any atom is -0.454 e. The fourth-order valence-corrected chi connectivity index (χ4v) is 3.30. The summed E-state index contributed by atoms with van der Waals surface area (Å²) in [5.74, 6) is 0.947. The van der Waals surface area contributed by atoms with Crippen molar-refractivity contribution < 1.29 is 19.1 Å². The highest BCUT2D eigenvalue weighted by atomic mass is 16.7. The van der Waals surface area contributed by atoms with Gasteiger partial charge in [0.1, 0.15) is 6.04 Å². The molecule has 2 aliphatic heterocycles. The molecular formula is C20H18N2O4. The van der Waals surface area contributed by atoms with Crippen molar-refractivity contribution in [3.8, 4) is 11.5 Å². The van der Waals surface area contributed by atoms with Crippen LogP contribution in [0.2, 0.25) is 0 Å². The van der Waals surface area contributed by atoms with Crippen molar-refractivity contribution in [2.24, 2.45) is 0 Å². The number of nitrogens with one attached hydrogen (secondary N) is 1. The number of rotatable bonds is 3. The molecule has 132 valence electrons. The molecule has 2 aromatic rings. The number of benzene rings is 2. The molecule has 1 atom stereocenters. The fourth-order valence-electron chi connectivity index (χ4n) is 3.30. The van der Waals surface area contributed by atoms with Gasteiger partial charge in [0.05, 0.1) is 0 Å². The zero-order chi connectivity index (χ0) is 18.1. The maximum atomic E-state index is 12.8. The first kappa shape index (κ1) is 16.2. The van der Waals surface area contributed by atoms with Crippen molar-refractivity contribution in [1.82, 2.24) is 5.32 Å². The van der Waals surface area contributed by atoms with Gasteiger partial charge in [0.25, 0.3) is 5.91 Å². The highest BCUT2D eigenvalue weighted by molar-refractivity contribution is 6.09. The molecular weight excluding hydrogens is 332 g/mol. The third-order valence-electron chi connectivity index (χ3n) is 4.58. The lowest BCUT2D eigenvalue weighted by atomic mass is 10.1. The third-order valence-corrected chi connectivity index (χ3v) is 4.58. The van der Waals surface area contributed by atoms with Crippen LogP contribution in [0.15, 0.2) is 48.5 Å². The lowest BCUT2D eigenvalue weighted by molar-refractivity contribution is -0.124. The van der Waals surface area contributed by atoms with Gasteiger partial charge in [-0.2, -0.15) is 0 Å². The molecule has 0 saturated heterocycles.